The quantitative estimate of drug-likeness (QED) is 0.769. The van der Waals surface area contributed by atoms with Crippen LogP contribution < -0.4 is 9.47 Å². The van der Waals surface area contributed by atoms with Crippen molar-refractivity contribution >= 4 is 11.8 Å². The summed E-state index contributed by atoms with van der Waals surface area (Å²) >= 11 is 0. The molecule has 0 bridgehead atoms. The Morgan fingerprint density at radius 2 is 2.08 bits per heavy atom. The first kappa shape index (κ1) is 17.6. The molecule has 1 aromatic rings. The van der Waals surface area contributed by atoms with Crippen LogP contribution in [0.5, 0.6) is 11.5 Å². The fraction of sp³-hybridized carbons (Fsp3) is 0.500. The summed E-state index contributed by atoms with van der Waals surface area (Å²) in [5.74, 6) is -4.79. The Hall–Kier alpha value is -2.26. The smallest absolute Gasteiger partial charge is 0.387 e. The van der Waals surface area contributed by atoms with Gasteiger partial charge in [-0.1, -0.05) is 13.0 Å². The Labute approximate surface area is 141 Å². The summed E-state index contributed by atoms with van der Waals surface area (Å²) in [5.41, 5.74) is -2.86. The zero-order valence-electron chi connectivity index (χ0n) is 13.3. The lowest BCUT2D eigenvalue weighted by Gasteiger charge is -2.34. The third-order valence-corrected chi connectivity index (χ3v) is 4.78. The molecule has 0 radical (unpaired) electrons. The maximum absolute atomic E-state index is 12.9. The number of hydrogen-bond acceptors (Lipinski definition) is 7. The number of ketones is 1. The standard InChI is InChI=1S/C16H16F2O7/c1-6-12-10(16(22,13(6)20)14(21)23-2)11(19)9-7(24-12)4-3-5-8(9)25-15(17)18/h3-6,10,12-13,15,20,22H,1-2H3/t6-,10-,12-,13-,16-/m1/s1. The van der Waals surface area contributed by atoms with Crippen LogP contribution in [0.25, 0.3) is 0 Å². The molecule has 1 heterocycles. The molecule has 0 saturated heterocycles. The average Bonchev–Trinajstić information content (AvgIpc) is 2.76. The van der Waals surface area contributed by atoms with Gasteiger partial charge in [0.1, 0.15) is 35.2 Å². The molecule has 1 saturated carbocycles. The van der Waals surface area contributed by atoms with Crippen LogP contribution in [-0.4, -0.2) is 53.5 Å². The highest BCUT2D eigenvalue weighted by molar-refractivity contribution is 6.07. The molecule has 9 heteroatoms. The predicted molar refractivity (Wildman–Crippen MR) is 77.4 cm³/mol. The minimum absolute atomic E-state index is 0.0161. The Kier molecular flexibility index (Phi) is 4.16. The van der Waals surface area contributed by atoms with E-state index in [-0.39, 0.29) is 11.3 Å². The highest BCUT2D eigenvalue weighted by Crippen LogP contribution is 2.50. The lowest BCUT2D eigenvalue weighted by atomic mass is 9.80. The largest absolute Gasteiger partial charge is 0.488 e. The molecule has 1 aromatic carbocycles. The molecule has 1 fully saturated rings. The zero-order chi connectivity index (χ0) is 18.5. The lowest BCUT2D eigenvalue weighted by Crippen LogP contribution is -2.56. The first-order valence-corrected chi connectivity index (χ1v) is 7.51. The molecule has 2 N–H and O–H groups in total. The van der Waals surface area contributed by atoms with Crippen LogP contribution in [0.3, 0.4) is 0 Å². The van der Waals surface area contributed by atoms with Crippen molar-refractivity contribution in [2.75, 3.05) is 7.11 Å². The number of ether oxygens (including phenoxy) is 3. The molecule has 1 aliphatic carbocycles. The summed E-state index contributed by atoms with van der Waals surface area (Å²) in [6, 6.07) is 3.90. The third kappa shape index (κ3) is 2.37. The normalized spacial score (nSPS) is 33.5. The molecule has 0 unspecified atom stereocenters. The number of halogens is 2. The van der Waals surface area contributed by atoms with E-state index in [1.165, 1.54) is 19.1 Å². The number of aliphatic hydroxyl groups is 2. The maximum atomic E-state index is 12.9. The van der Waals surface area contributed by atoms with Crippen LogP contribution in [0.1, 0.15) is 17.3 Å². The third-order valence-electron chi connectivity index (χ3n) is 4.78. The van der Waals surface area contributed by atoms with E-state index in [2.05, 4.69) is 9.47 Å². The van der Waals surface area contributed by atoms with E-state index in [4.69, 9.17) is 4.74 Å². The summed E-state index contributed by atoms with van der Waals surface area (Å²) in [6.07, 6.45) is -2.66. The average molecular weight is 358 g/mol. The monoisotopic (exact) mass is 358 g/mol. The van der Waals surface area contributed by atoms with Crippen LogP contribution >= 0.6 is 0 Å². The second-order valence-corrected chi connectivity index (χ2v) is 6.05. The van der Waals surface area contributed by atoms with E-state index < -0.39 is 53.8 Å². The molecule has 5 atom stereocenters. The van der Waals surface area contributed by atoms with E-state index >= 15 is 0 Å². The Morgan fingerprint density at radius 1 is 1.40 bits per heavy atom. The number of rotatable bonds is 3. The summed E-state index contributed by atoms with van der Waals surface area (Å²) in [4.78, 5) is 25.0. The number of benzene rings is 1. The number of hydrogen-bond donors (Lipinski definition) is 2. The zero-order valence-corrected chi connectivity index (χ0v) is 13.3. The number of methoxy groups -OCH3 is 1. The van der Waals surface area contributed by atoms with Gasteiger partial charge in [-0.05, 0) is 12.1 Å². The molecule has 0 spiro atoms. The number of carbonyl (C=O) groups excluding carboxylic acids is 2. The summed E-state index contributed by atoms with van der Waals surface area (Å²) in [6.45, 7) is -1.68. The van der Waals surface area contributed by atoms with Crippen LogP contribution in [0, 0.1) is 11.8 Å². The van der Waals surface area contributed by atoms with Crippen LogP contribution in [0.2, 0.25) is 0 Å². The molecule has 0 amide bonds. The molecule has 7 nitrogen and oxygen atoms in total. The van der Waals surface area contributed by atoms with Gasteiger partial charge in [-0.15, -0.1) is 0 Å². The summed E-state index contributed by atoms with van der Waals surface area (Å²) < 4.78 is 39.7. The molecular formula is C16H16F2O7. The van der Waals surface area contributed by atoms with E-state index in [0.717, 1.165) is 13.2 Å². The first-order chi connectivity index (χ1) is 11.7. The number of fused-ring (bicyclic) bond motifs is 2. The predicted octanol–water partition coefficient (Wildman–Crippen LogP) is 0.763. The van der Waals surface area contributed by atoms with Gasteiger partial charge in [0, 0.05) is 5.92 Å². The van der Waals surface area contributed by atoms with Crippen molar-refractivity contribution < 1.29 is 42.8 Å². The number of carbonyl (C=O) groups is 2. The topological polar surface area (TPSA) is 102 Å². The Morgan fingerprint density at radius 3 is 2.68 bits per heavy atom. The highest BCUT2D eigenvalue weighted by Gasteiger charge is 2.68. The van der Waals surface area contributed by atoms with E-state index in [0.29, 0.717) is 0 Å². The second-order valence-electron chi connectivity index (χ2n) is 6.05. The SMILES string of the molecule is COC(=O)[C@]1(O)[C@H](O)[C@H](C)[C@H]2Oc3cccc(OC(F)F)c3C(=O)[C@H]21. The fourth-order valence-electron chi connectivity index (χ4n) is 3.60. The van der Waals surface area contributed by atoms with Gasteiger partial charge in [-0.2, -0.15) is 8.78 Å². The van der Waals surface area contributed by atoms with E-state index in [9.17, 15) is 28.6 Å². The summed E-state index contributed by atoms with van der Waals surface area (Å²) in [5, 5.41) is 21.1. The number of Topliss-reactive ketones (excluding diaryl/α,β-unsaturated/α-hetero) is 1. The van der Waals surface area contributed by atoms with Gasteiger partial charge in [0.25, 0.3) is 0 Å². The van der Waals surface area contributed by atoms with Crippen molar-refractivity contribution in [3.05, 3.63) is 23.8 Å². The molecule has 136 valence electrons. The van der Waals surface area contributed by atoms with Gasteiger partial charge in [-0.3, -0.25) is 4.79 Å². The van der Waals surface area contributed by atoms with Crippen molar-refractivity contribution in [3.63, 3.8) is 0 Å². The fourth-order valence-corrected chi connectivity index (χ4v) is 3.60. The molecule has 2 aliphatic rings. The molecule has 1 aliphatic heterocycles. The van der Waals surface area contributed by atoms with Crippen LogP contribution in [-0.2, 0) is 9.53 Å². The Bertz CT molecular complexity index is 722. The first-order valence-electron chi connectivity index (χ1n) is 7.51. The van der Waals surface area contributed by atoms with Gasteiger partial charge in [0.2, 0.25) is 5.60 Å². The van der Waals surface area contributed by atoms with Crippen molar-refractivity contribution in [2.24, 2.45) is 11.8 Å². The molecule has 0 aromatic heterocycles. The highest BCUT2D eigenvalue weighted by atomic mass is 19.3. The van der Waals surface area contributed by atoms with Crippen molar-refractivity contribution in [1.82, 2.24) is 0 Å². The van der Waals surface area contributed by atoms with E-state index in [1.807, 2.05) is 0 Å². The van der Waals surface area contributed by atoms with Gasteiger partial charge in [0.05, 0.1) is 7.11 Å². The minimum Gasteiger partial charge on any atom is -0.488 e. The van der Waals surface area contributed by atoms with Crippen LogP contribution in [0.15, 0.2) is 18.2 Å². The maximum Gasteiger partial charge on any atom is 0.387 e. The van der Waals surface area contributed by atoms with Gasteiger partial charge in [-0.25, -0.2) is 4.79 Å². The van der Waals surface area contributed by atoms with Gasteiger partial charge >= 0.3 is 12.6 Å². The van der Waals surface area contributed by atoms with E-state index in [1.54, 1.807) is 0 Å². The number of esters is 1. The molecule has 3 rings (SSSR count). The van der Waals surface area contributed by atoms with Crippen molar-refractivity contribution in [2.45, 2.75) is 31.3 Å². The van der Waals surface area contributed by atoms with Gasteiger partial charge < -0.3 is 24.4 Å². The van der Waals surface area contributed by atoms with Crippen molar-refractivity contribution in [1.29, 1.82) is 0 Å². The molecule has 25 heavy (non-hydrogen) atoms. The van der Waals surface area contributed by atoms with Gasteiger partial charge in [0.15, 0.2) is 5.78 Å². The number of aliphatic hydroxyl groups excluding tert-OH is 1. The van der Waals surface area contributed by atoms with Crippen LogP contribution in [0.4, 0.5) is 8.78 Å². The summed E-state index contributed by atoms with van der Waals surface area (Å²) in [7, 11) is 0.998. The van der Waals surface area contributed by atoms with Crippen molar-refractivity contribution in [3.8, 4) is 11.5 Å². The second kappa shape index (κ2) is 5.92. The number of alkyl halides is 2. The molecular weight excluding hydrogens is 342 g/mol. The Balaban J connectivity index is 2.13. The lowest BCUT2D eigenvalue weighted by molar-refractivity contribution is -0.177. The minimum atomic E-state index is -3.18.